The topological polar surface area (TPSA) is 41.6 Å². The Hall–Kier alpha value is -0.610. The molecule has 0 saturated carbocycles. The van der Waals surface area contributed by atoms with Crippen molar-refractivity contribution in [2.24, 2.45) is 5.41 Å². The molecule has 2 aliphatic rings. The van der Waals surface area contributed by atoms with Crippen LogP contribution in [0.15, 0.2) is 0 Å². The van der Waals surface area contributed by atoms with Gasteiger partial charge in [0.2, 0.25) is 5.91 Å². The quantitative estimate of drug-likeness (QED) is 0.810. The number of carbonyl (C=O) groups is 1. The fourth-order valence-electron chi connectivity index (χ4n) is 2.65. The molecule has 2 rings (SSSR count). The molecule has 4 heteroatoms. The molecule has 0 radical (unpaired) electrons. The zero-order chi connectivity index (χ0) is 12.5. The smallest absolute Gasteiger partial charge is 0.243 e. The van der Waals surface area contributed by atoms with Crippen molar-refractivity contribution >= 4 is 5.91 Å². The number of hydrogen-bond donors (Lipinski definition) is 1. The summed E-state index contributed by atoms with van der Waals surface area (Å²) < 4.78 is 5.40. The zero-order valence-electron chi connectivity index (χ0n) is 11.2. The number of hydrogen-bond acceptors (Lipinski definition) is 3. The fraction of sp³-hybridized carbons (Fsp3) is 0.923. The van der Waals surface area contributed by atoms with Crippen molar-refractivity contribution in [3.63, 3.8) is 0 Å². The van der Waals surface area contributed by atoms with Crippen LogP contribution in [0.5, 0.6) is 0 Å². The average molecular weight is 240 g/mol. The van der Waals surface area contributed by atoms with Gasteiger partial charge in [-0.2, -0.15) is 0 Å². The largest absolute Gasteiger partial charge is 0.381 e. The molecule has 0 bridgehead atoms. The van der Waals surface area contributed by atoms with E-state index in [4.69, 9.17) is 4.74 Å². The third kappa shape index (κ3) is 2.47. The molecule has 2 saturated heterocycles. The van der Waals surface area contributed by atoms with E-state index >= 15 is 0 Å². The van der Waals surface area contributed by atoms with Crippen molar-refractivity contribution in [1.82, 2.24) is 10.2 Å². The van der Waals surface area contributed by atoms with E-state index in [1.54, 1.807) is 0 Å². The summed E-state index contributed by atoms with van der Waals surface area (Å²) in [4.78, 5) is 14.3. The summed E-state index contributed by atoms with van der Waals surface area (Å²) in [5.41, 5.74) is -0.115. The van der Waals surface area contributed by atoms with Crippen molar-refractivity contribution < 1.29 is 9.53 Å². The second kappa shape index (κ2) is 4.58. The van der Waals surface area contributed by atoms with Crippen LogP contribution < -0.4 is 5.32 Å². The van der Waals surface area contributed by atoms with Gasteiger partial charge in [-0.25, -0.2) is 0 Å². The Morgan fingerprint density at radius 2 is 2.00 bits per heavy atom. The van der Waals surface area contributed by atoms with E-state index in [2.05, 4.69) is 19.2 Å². The summed E-state index contributed by atoms with van der Waals surface area (Å²) in [6.45, 7) is 9.54. The number of amides is 1. The third-order valence-electron chi connectivity index (χ3n) is 4.40. The van der Waals surface area contributed by atoms with Gasteiger partial charge < -0.3 is 9.64 Å². The minimum atomic E-state index is -0.346. The lowest BCUT2D eigenvalue weighted by Gasteiger charge is -2.36. The molecule has 1 amide bonds. The second-order valence-corrected chi connectivity index (χ2v) is 5.95. The molecule has 1 unspecified atom stereocenters. The Bertz CT molecular complexity index is 300. The lowest BCUT2D eigenvalue weighted by Crippen LogP contribution is -2.45. The molecule has 1 atom stereocenters. The number of nitrogens with one attached hydrogen (secondary N) is 1. The summed E-state index contributed by atoms with van der Waals surface area (Å²) in [6, 6.07) is 0. The summed E-state index contributed by atoms with van der Waals surface area (Å²) in [5.74, 6) is 0.257. The van der Waals surface area contributed by atoms with Gasteiger partial charge in [-0.15, -0.1) is 0 Å². The molecule has 0 aromatic carbocycles. The normalized spacial score (nSPS) is 33.1. The Kier molecular flexibility index (Phi) is 3.46. The maximum Gasteiger partial charge on any atom is 0.243 e. The molecule has 2 heterocycles. The molecular weight excluding hydrogens is 216 g/mol. The molecule has 2 fully saturated rings. The average Bonchev–Trinajstić information content (AvgIpc) is 2.59. The van der Waals surface area contributed by atoms with Gasteiger partial charge in [-0.1, -0.05) is 13.8 Å². The number of rotatable bonds is 3. The van der Waals surface area contributed by atoms with Gasteiger partial charge in [-0.3, -0.25) is 10.1 Å². The van der Waals surface area contributed by atoms with Crippen LogP contribution in [0.2, 0.25) is 0 Å². The Labute approximate surface area is 104 Å². The minimum Gasteiger partial charge on any atom is -0.381 e. The molecule has 0 aromatic heterocycles. The molecule has 0 spiro atoms. The first kappa shape index (κ1) is 12.8. The first-order chi connectivity index (χ1) is 7.99. The lowest BCUT2D eigenvalue weighted by molar-refractivity contribution is -0.134. The van der Waals surface area contributed by atoms with Crippen molar-refractivity contribution in [2.75, 3.05) is 26.4 Å². The van der Waals surface area contributed by atoms with Crippen LogP contribution in [-0.2, 0) is 9.53 Å². The maximum atomic E-state index is 12.3. The van der Waals surface area contributed by atoms with Crippen LogP contribution in [-0.4, -0.2) is 42.8 Å². The highest BCUT2D eigenvalue weighted by molar-refractivity contribution is 5.87. The first-order valence-corrected chi connectivity index (χ1v) is 6.61. The summed E-state index contributed by atoms with van der Waals surface area (Å²) in [6.07, 6.45) is 2.96. The van der Waals surface area contributed by atoms with Crippen LogP contribution in [0.1, 0.15) is 40.0 Å². The molecule has 2 aliphatic heterocycles. The van der Waals surface area contributed by atoms with Gasteiger partial charge in [0, 0.05) is 19.8 Å². The predicted molar refractivity (Wildman–Crippen MR) is 66.6 cm³/mol. The van der Waals surface area contributed by atoms with Crippen molar-refractivity contribution in [1.29, 1.82) is 0 Å². The highest BCUT2D eigenvalue weighted by atomic mass is 16.5. The van der Waals surface area contributed by atoms with Crippen LogP contribution in [0.4, 0.5) is 0 Å². The van der Waals surface area contributed by atoms with E-state index in [9.17, 15) is 4.79 Å². The van der Waals surface area contributed by atoms with Gasteiger partial charge in [0.15, 0.2) is 0 Å². The minimum absolute atomic E-state index is 0.231. The van der Waals surface area contributed by atoms with E-state index in [0.717, 1.165) is 39.0 Å². The molecular formula is C13H24N2O2. The maximum absolute atomic E-state index is 12.3. The van der Waals surface area contributed by atoms with Gasteiger partial charge in [0.1, 0.15) is 0 Å². The van der Waals surface area contributed by atoms with E-state index in [1.807, 2.05) is 11.8 Å². The van der Waals surface area contributed by atoms with E-state index in [1.165, 1.54) is 0 Å². The molecule has 0 aliphatic carbocycles. The van der Waals surface area contributed by atoms with Crippen LogP contribution >= 0.6 is 0 Å². The summed E-state index contributed by atoms with van der Waals surface area (Å²) in [5, 5.41) is 3.33. The lowest BCUT2D eigenvalue weighted by atomic mass is 9.82. The van der Waals surface area contributed by atoms with Gasteiger partial charge in [0.25, 0.3) is 0 Å². The Balaban J connectivity index is 1.98. The second-order valence-electron chi connectivity index (χ2n) is 5.95. The fourth-order valence-corrected chi connectivity index (χ4v) is 2.65. The van der Waals surface area contributed by atoms with Crippen molar-refractivity contribution in [3.05, 3.63) is 0 Å². The van der Waals surface area contributed by atoms with Crippen molar-refractivity contribution in [3.8, 4) is 0 Å². The van der Waals surface area contributed by atoms with Crippen LogP contribution in [0.25, 0.3) is 0 Å². The van der Waals surface area contributed by atoms with Gasteiger partial charge in [-0.05, 0) is 31.6 Å². The van der Waals surface area contributed by atoms with Gasteiger partial charge in [0.05, 0.1) is 12.2 Å². The van der Waals surface area contributed by atoms with Gasteiger partial charge >= 0.3 is 0 Å². The molecule has 98 valence electrons. The Morgan fingerprint density at radius 1 is 1.35 bits per heavy atom. The monoisotopic (exact) mass is 240 g/mol. The summed E-state index contributed by atoms with van der Waals surface area (Å²) >= 11 is 0. The third-order valence-corrected chi connectivity index (χ3v) is 4.40. The highest BCUT2D eigenvalue weighted by Crippen LogP contribution is 2.32. The van der Waals surface area contributed by atoms with E-state index in [0.29, 0.717) is 6.67 Å². The molecule has 17 heavy (non-hydrogen) atoms. The van der Waals surface area contributed by atoms with Crippen LogP contribution in [0.3, 0.4) is 0 Å². The first-order valence-electron chi connectivity index (χ1n) is 6.61. The standard InChI is InChI=1S/C13H24N2O2/c1-4-13(3)11(16)15(10-14-13)9-12(2)5-7-17-8-6-12/h14H,4-10H2,1-3H3. The number of ether oxygens (including phenoxy) is 1. The molecule has 4 nitrogen and oxygen atoms in total. The number of carbonyl (C=O) groups excluding carboxylic acids is 1. The molecule has 1 N–H and O–H groups in total. The highest BCUT2D eigenvalue weighted by Gasteiger charge is 2.43. The van der Waals surface area contributed by atoms with Crippen molar-refractivity contribution in [2.45, 2.75) is 45.6 Å². The zero-order valence-corrected chi connectivity index (χ0v) is 11.2. The molecule has 0 aromatic rings. The predicted octanol–water partition coefficient (Wildman–Crippen LogP) is 1.36. The van der Waals surface area contributed by atoms with E-state index < -0.39 is 0 Å². The number of nitrogens with zero attached hydrogens (tertiary/aromatic N) is 1. The van der Waals surface area contributed by atoms with Crippen LogP contribution in [0, 0.1) is 5.41 Å². The Morgan fingerprint density at radius 3 is 2.53 bits per heavy atom. The SMILES string of the molecule is CCC1(C)NCN(CC2(C)CCOCC2)C1=O. The van der Waals surface area contributed by atoms with E-state index in [-0.39, 0.29) is 16.9 Å². The summed E-state index contributed by atoms with van der Waals surface area (Å²) in [7, 11) is 0.